The van der Waals surface area contributed by atoms with Gasteiger partial charge >= 0.3 is 12.4 Å². The highest BCUT2D eigenvalue weighted by Gasteiger charge is 2.69. The van der Waals surface area contributed by atoms with E-state index in [1.54, 1.807) is 13.8 Å². The van der Waals surface area contributed by atoms with Gasteiger partial charge in [-0.1, -0.05) is 56.1 Å². The van der Waals surface area contributed by atoms with E-state index >= 15 is 0 Å². The van der Waals surface area contributed by atoms with Gasteiger partial charge in [-0.25, -0.2) is 0 Å². The number of halogens is 6. The van der Waals surface area contributed by atoms with Crippen LogP contribution in [0.2, 0.25) is 0 Å². The highest BCUT2D eigenvalue weighted by molar-refractivity contribution is 5.18. The van der Waals surface area contributed by atoms with Crippen LogP contribution in [0.25, 0.3) is 0 Å². The second kappa shape index (κ2) is 14.2. The predicted octanol–water partition coefficient (Wildman–Crippen LogP) is 9.52. The molecule has 0 radical (unpaired) electrons. The largest absolute Gasteiger partial charge is 0.429 e. The van der Waals surface area contributed by atoms with E-state index in [1.807, 2.05) is 6.92 Å². The molecule has 2 aliphatic rings. The van der Waals surface area contributed by atoms with E-state index in [9.17, 15) is 41.7 Å². The highest BCUT2D eigenvalue weighted by atomic mass is 19.4. The van der Waals surface area contributed by atoms with Crippen molar-refractivity contribution in [2.45, 2.75) is 154 Å². The molecular weight excluding hydrogens is 558 g/mol. The summed E-state index contributed by atoms with van der Waals surface area (Å²) >= 11 is 0. The standard InChI is InChI=1S/C33H52F6O3/c1-24(15-16-25-12-6-13-26(40)23-25)11-7-18-29(4)19-8-14-27(29)30(5,20-9-17-28(2,3)41)21-10-22-31(42,32(34,35)36)33(37,38)39/h10,15-16,22,26-27,40-42H,6-9,11-14,17-21,23H2,1-5H3/b22-10+,24-15-,25-16-. The zero-order chi connectivity index (χ0) is 32.0. The lowest BCUT2D eigenvalue weighted by atomic mass is 9.60. The van der Waals surface area contributed by atoms with Crippen molar-refractivity contribution in [1.82, 2.24) is 0 Å². The first-order chi connectivity index (χ1) is 19.1. The molecular formula is C33H52F6O3. The fourth-order valence-corrected chi connectivity index (χ4v) is 7.25. The quantitative estimate of drug-likeness (QED) is 0.144. The van der Waals surface area contributed by atoms with Crippen LogP contribution in [0.1, 0.15) is 125 Å². The van der Waals surface area contributed by atoms with Gasteiger partial charge in [-0.15, -0.1) is 0 Å². The van der Waals surface area contributed by atoms with Gasteiger partial charge in [0.05, 0.1) is 11.7 Å². The van der Waals surface area contributed by atoms with Crippen molar-refractivity contribution in [2.75, 3.05) is 0 Å². The molecule has 2 rings (SSSR count). The number of hydrogen-bond acceptors (Lipinski definition) is 3. The molecule has 2 aliphatic carbocycles. The molecule has 0 saturated heterocycles. The normalized spacial score (nSPS) is 27.7. The van der Waals surface area contributed by atoms with Gasteiger partial charge in [0.25, 0.3) is 5.60 Å². The third-order valence-electron chi connectivity index (χ3n) is 9.72. The molecule has 0 amide bonds. The predicted molar refractivity (Wildman–Crippen MR) is 155 cm³/mol. The van der Waals surface area contributed by atoms with Crippen LogP contribution >= 0.6 is 0 Å². The molecule has 9 heteroatoms. The minimum Gasteiger partial charge on any atom is -0.393 e. The first kappa shape index (κ1) is 36.9. The molecule has 2 fully saturated rings. The fourth-order valence-electron chi connectivity index (χ4n) is 7.25. The van der Waals surface area contributed by atoms with E-state index in [0.29, 0.717) is 25.7 Å². The Hall–Kier alpha value is -1.32. The topological polar surface area (TPSA) is 60.7 Å². The van der Waals surface area contributed by atoms with Crippen molar-refractivity contribution < 1.29 is 41.7 Å². The molecule has 3 N–H and O–H groups in total. The van der Waals surface area contributed by atoms with Crippen LogP contribution in [0, 0.1) is 16.7 Å². The van der Waals surface area contributed by atoms with Gasteiger partial charge in [0.15, 0.2) is 0 Å². The van der Waals surface area contributed by atoms with E-state index in [-0.39, 0.29) is 29.9 Å². The molecule has 0 aromatic carbocycles. The Balaban J connectivity index is 2.20. The molecule has 0 bridgehead atoms. The lowest BCUT2D eigenvalue weighted by Crippen LogP contribution is -2.55. The Morgan fingerprint density at radius 3 is 2.17 bits per heavy atom. The molecule has 0 heterocycles. The first-order valence-electron chi connectivity index (χ1n) is 15.4. The van der Waals surface area contributed by atoms with Crippen LogP contribution in [0.3, 0.4) is 0 Å². The molecule has 244 valence electrons. The number of hydrogen-bond donors (Lipinski definition) is 3. The zero-order valence-corrected chi connectivity index (χ0v) is 26.0. The summed E-state index contributed by atoms with van der Waals surface area (Å²) in [6.07, 6.45) is 3.42. The lowest BCUT2D eigenvalue weighted by molar-refractivity contribution is -0.347. The van der Waals surface area contributed by atoms with Crippen molar-refractivity contribution in [1.29, 1.82) is 0 Å². The third kappa shape index (κ3) is 10.1. The van der Waals surface area contributed by atoms with Crippen LogP contribution in [0.4, 0.5) is 26.3 Å². The number of aliphatic hydroxyl groups excluding tert-OH is 1. The average molecular weight is 611 g/mol. The smallest absolute Gasteiger partial charge is 0.393 e. The van der Waals surface area contributed by atoms with Gasteiger partial charge in [0.1, 0.15) is 0 Å². The van der Waals surface area contributed by atoms with Crippen LogP contribution in [-0.2, 0) is 0 Å². The Kier molecular flexibility index (Phi) is 12.5. The minimum atomic E-state index is -5.89. The van der Waals surface area contributed by atoms with E-state index in [0.717, 1.165) is 63.9 Å². The Bertz CT molecular complexity index is 944. The second-order valence-electron chi connectivity index (χ2n) is 14.2. The van der Waals surface area contributed by atoms with Crippen LogP contribution in [-0.4, -0.2) is 45.0 Å². The van der Waals surface area contributed by atoms with Crippen LogP contribution in [0.15, 0.2) is 35.5 Å². The summed E-state index contributed by atoms with van der Waals surface area (Å²) in [7, 11) is 0. The molecule has 42 heavy (non-hydrogen) atoms. The maximum absolute atomic E-state index is 13.3. The summed E-state index contributed by atoms with van der Waals surface area (Å²) in [5.74, 6) is 0.0662. The first-order valence-corrected chi connectivity index (χ1v) is 15.4. The van der Waals surface area contributed by atoms with Gasteiger partial charge in [-0.3, -0.25) is 0 Å². The van der Waals surface area contributed by atoms with Crippen molar-refractivity contribution in [2.24, 2.45) is 16.7 Å². The van der Waals surface area contributed by atoms with Gasteiger partial charge in [-0.05, 0) is 121 Å². The van der Waals surface area contributed by atoms with E-state index in [2.05, 4.69) is 26.0 Å². The number of aliphatic hydroxyl groups is 3. The summed E-state index contributed by atoms with van der Waals surface area (Å²) < 4.78 is 79.8. The third-order valence-corrected chi connectivity index (χ3v) is 9.72. The van der Waals surface area contributed by atoms with E-state index in [4.69, 9.17) is 0 Å². The van der Waals surface area contributed by atoms with Crippen molar-refractivity contribution in [3.05, 3.63) is 35.5 Å². The molecule has 0 aromatic rings. The average Bonchev–Trinajstić information content (AvgIpc) is 3.22. The molecule has 0 spiro atoms. The lowest BCUT2D eigenvalue weighted by Gasteiger charge is -2.45. The van der Waals surface area contributed by atoms with Gasteiger partial charge in [0.2, 0.25) is 0 Å². The molecule has 2 saturated carbocycles. The Morgan fingerprint density at radius 1 is 0.952 bits per heavy atom. The Labute approximate surface area is 248 Å². The van der Waals surface area contributed by atoms with Crippen molar-refractivity contribution in [3.63, 3.8) is 0 Å². The number of alkyl halides is 6. The maximum Gasteiger partial charge on any atom is 0.429 e. The maximum atomic E-state index is 13.3. The zero-order valence-electron chi connectivity index (χ0n) is 26.0. The summed E-state index contributed by atoms with van der Waals surface area (Å²) in [6, 6.07) is 0. The van der Waals surface area contributed by atoms with Crippen molar-refractivity contribution in [3.8, 4) is 0 Å². The minimum absolute atomic E-state index is 0.0358. The van der Waals surface area contributed by atoms with E-state index < -0.39 is 29.0 Å². The number of allylic oxidation sites excluding steroid dienone is 4. The van der Waals surface area contributed by atoms with Gasteiger partial charge in [-0.2, -0.15) is 26.3 Å². The molecule has 4 atom stereocenters. The summed E-state index contributed by atoms with van der Waals surface area (Å²) in [5, 5.41) is 29.8. The van der Waals surface area contributed by atoms with Crippen LogP contribution in [0.5, 0.6) is 0 Å². The summed E-state index contributed by atoms with van der Waals surface area (Å²) in [5.41, 5.74) is -4.08. The highest BCUT2D eigenvalue weighted by Crippen LogP contribution is 2.57. The van der Waals surface area contributed by atoms with E-state index in [1.165, 1.54) is 11.1 Å². The Morgan fingerprint density at radius 2 is 1.60 bits per heavy atom. The van der Waals surface area contributed by atoms with Crippen molar-refractivity contribution >= 4 is 0 Å². The monoisotopic (exact) mass is 610 g/mol. The molecule has 4 unspecified atom stereocenters. The SMILES string of the molecule is C/C(=C/C=C1/CCCC(O)C1)CCCC1(C)CCCC1C(C)(C/C=C/C(O)(C(F)(F)F)C(F)(F)F)CCCC(C)(C)O. The van der Waals surface area contributed by atoms with Gasteiger partial charge in [0, 0.05) is 0 Å². The fraction of sp³-hybridized carbons (Fsp3) is 0.818. The summed E-state index contributed by atoms with van der Waals surface area (Å²) in [4.78, 5) is 0. The molecule has 0 aromatic heterocycles. The van der Waals surface area contributed by atoms with Crippen LogP contribution < -0.4 is 0 Å². The molecule has 0 aliphatic heterocycles. The molecule has 3 nitrogen and oxygen atoms in total. The second-order valence-corrected chi connectivity index (χ2v) is 14.2. The van der Waals surface area contributed by atoms with Gasteiger partial charge < -0.3 is 15.3 Å². The number of rotatable bonds is 13. The summed E-state index contributed by atoms with van der Waals surface area (Å²) in [6.45, 7) is 9.57.